The molecule has 0 unspecified atom stereocenters. The highest BCUT2D eigenvalue weighted by Crippen LogP contribution is 2.12. The highest BCUT2D eigenvalue weighted by molar-refractivity contribution is 5.98. The number of nitrogens with zero attached hydrogens (tertiary/aromatic N) is 1. The summed E-state index contributed by atoms with van der Waals surface area (Å²) in [4.78, 5) is 14.3. The third-order valence-electron chi connectivity index (χ3n) is 3.30. The van der Waals surface area contributed by atoms with Crippen LogP contribution in [-0.2, 0) is 0 Å². The molecule has 0 radical (unpaired) electrons. The Morgan fingerprint density at radius 3 is 3.06 bits per heavy atom. The van der Waals surface area contributed by atoms with Crippen LogP contribution in [0.5, 0.6) is 0 Å². The fourth-order valence-corrected chi connectivity index (χ4v) is 2.24. The predicted molar refractivity (Wildman–Crippen MR) is 69.4 cm³/mol. The third kappa shape index (κ3) is 3.37. The zero-order chi connectivity index (χ0) is 13.0. The number of nitrogens with one attached hydrogen (secondary N) is 1. The highest BCUT2D eigenvalue weighted by Gasteiger charge is 2.16. The average molecular weight is 250 g/mol. The van der Waals surface area contributed by atoms with Crippen LogP contribution < -0.4 is 5.32 Å². The van der Waals surface area contributed by atoms with Crippen molar-refractivity contribution in [3.8, 4) is 0 Å². The Balaban J connectivity index is 2.04. The molecule has 1 aromatic carbocycles. The lowest BCUT2D eigenvalue weighted by atomic mass is 10.0. The number of ketones is 1. The Labute approximate surface area is 107 Å². The number of halogens is 1. The van der Waals surface area contributed by atoms with Crippen molar-refractivity contribution in [1.29, 1.82) is 0 Å². The lowest BCUT2D eigenvalue weighted by Crippen LogP contribution is -2.33. The molecule has 1 aliphatic rings. The molecule has 4 heteroatoms. The van der Waals surface area contributed by atoms with Crippen molar-refractivity contribution in [1.82, 2.24) is 10.2 Å². The van der Waals surface area contributed by atoms with Crippen molar-refractivity contribution in [2.24, 2.45) is 0 Å². The number of aryl methyl sites for hydroxylation is 1. The van der Waals surface area contributed by atoms with E-state index >= 15 is 0 Å². The second kappa shape index (κ2) is 6.07. The molecule has 0 atom stereocenters. The minimum Gasteiger partial charge on any atom is -0.315 e. The van der Waals surface area contributed by atoms with Crippen LogP contribution in [0.15, 0.2) is 18.2 Å². The third-order valence-corrected chi connectivity index (χ3v) is 3.30. The van der Waals surface area contributed by atoms with E-state index in [4.69, 9.17) is 0 Å². The summed E-state index contributed by atoms with van der Waals surface area (Å²) in [5, 5.41) is 3.30. The molecule has 1 N–H and O–H groups in total. The molecule has 1 saturated heterocycles. The van der Waals surface area contributed by atoms with Crippen LogP contribution in [0.25, 0.3) is 0 Å². The molecule has 1 heterocycles. The minimum absolute atomic E-state index is 0.00824. The molecule has 0 saturated carbocycles. The van der Waals surface area contributed by atoms with Gasteiger partial charge in [-0.1, -0.05) is 6.07 Å². The van der Waals surface area contributed by atoms with Gasteiger partial charge in [0.2, 0.25) is 0 Å². The van der Waals surface area contributed by atoms with Crippen LogP contribution >= 0.6 is 0 Å². The van der Waals surface area contributed by atoms with Gasteiger partial charge in [-0.15, -0.1) is 0 Å². The summed E-state index contributed by atoms with van der Waals surface area (Å²) in [7, 11) is 0. The van der Waals surface area contributed by atoms with E-state index in [2.05, 4.69) is 10.2 Å². The molecule has 1 aliphatic heterocycles. The largest absolute Gasteiger partial charge is 0.315 e. The van der Waals surface area contributed by atoms with Crippen LogP contribution in [0, 0.1) is 12.7 Å². The van der Waals surface area contributed by atoms with Gasteiger partial charge in [-0.2, -0.15) is 0 Å². The lowest BCUT2D eigenvalue weighted by Gasteiger charge is -2.18. The van der Waals surface area contributed by atoms with Gasteiger partial charge in [0.25, 0.3) is 0 Å². The zero-order valence-corrected chi connectivity index (χ0v) is 10.7. The SMILES string of the molecule is Cc1ccc(F)cc1C(=O)CN1CCCNCC1. The number of Topliss-reactive ketones (excluding diaryl/α,β-unsaturated/α-hetero) is 1. The van der Waals surface area contributed by atoms with E-state index in [0.717, 1.165) is 38.2 Å². The van der Waals surface area contributed by atoms with E-state index in [0.29, 0.717) is 12.1 Å². The van der Waals surface area contributed by atoms with E-state index < -0.39 is 0 Å². The second-order valence-corrected chi connectivity index (χ2v) is 4.76. The summed E-state index contributed by atoms with van der Waals surface area (Å²) < 4.78 is 13.2. The van der Waals surface area contributed by atoms with Gasteiger partial charge >= 0.3 is 0 Å². The van der Waals surface area contributed by atoms with Gasteiger partial charge in [-0.3, -0.25) is 9.69 Å². The lowest BCUT2D eigenvalue weighted by molar-refractivity contribution is 0.0934. The van der Waals surface area contributed by atoms with Gasteiger partial charge in [0.15, 0.2) is 5.78 Å². The van der Waals surface area contributed by atoms with Crippen LogP contribution in [0.2, 0.25) is 0 Å². The normalized spacial score (nSPS) is 17.4. The molecular formula is C14H19FN2O. The molecule has 1 aromatic rings. The first-order chi connectivity index (χ1) is 8.66. The number of benzene rings is 1. The Kier molecular flexibility index (Phi) is 4.44. The topological polar surface area (TPSA) is 32.3 Å². The molecule has 18 heavy (non-hydrogen) atoms. The van der Waals surface area contributed by atoms with Crippen molar-refractivity contribution in [2.45, 2.75) is 13.3 Å². The Hall–Kier alpha value is -1.26. The van der Waals surface area contributed by atoms with E-state index in [1.54, 1.807) is 6.07 Å². The quantitative estimate of drug-likeness (QED) is 0.827. The standard InChI is InChI=1S/C14H19FN2O/c1-11-3-4-12(15)9-13(11)14(18)10-17-7-2-5-16-6-8-17/h3-4,9,16H,2,5-8,10H2,1H3. The summed E-state index contributed by atoms with van der Waals surface area (Å²) in [5.74, 6) is -0.338. The number of rotatable bonds is 3. The average Bonchev–Trinajstić information content (AvgIpc) is 2.61. The van der Waals surface area contributed by atoms with E-state index in [1.807, 2.05) is 6.92 Å². The molecule has 0 aliphatic carbocycles. The van der Waals surface area contributed by atoms with E-state index in [-0.39, 0.29) is 11.6 Å². The van der Waals surface area contributed by atoms with Crippen molar-refractivity contribution in [3.05, 3.63) is 35.1 Å². The van der Waals surface area contributed by atoms with Gasteiger partial charge in [-0.05, 0) is 44.1 Å². The minimum atomic E-state index is -0.346. The van der Waals surface area contributed by atoms with Crippen molar-refractivity contribution in [3.63, 3.8) is 0 Å². The predicted octanol–water partition coefficient (Wildman–Crippen LogP) is 1.61. The molecule has 3 nitrogen and oxygen atoms in total. The first kappa shape index (κ1) is 13.2. The number of hydrogen-bond donors (Lipinski definition) is 1. The first-order valence-electron chi connectivity index (χ1n) is 6.39. The maximum atomic E-state index is 13.2. The van der Waals surface area contributed by atoms with Gasteiger partial charge in [0.05, 0.1) is 6.54 Å². The molecule has 1 fully saturated rings. The summed E-state index contributed by atoms with van der Waals surface area (Å²) in [6.45, 7) is 5.94. The van der Waals surface area contributed by atoms with Gasteiger partial charge in [0, 0.05) is 18.7 Å². The fourth-order valence-electron chi connectivity index (χ4n) is 2.24. The molecule has 98 valence electrons. The molecule has 0 aromatic heterocycles. The number of carbonyl (C=O) groups is 1. The summed E-state index contributed by atoms with van der Waals surface area (Å²) >= 11 is 0. The van der Waals surface area contributed by atoms with Crippen molar-refractivity contribution in [2.75, 3.05) is 32.7 Å². The molecule has 0 spiro atoms. The maximum Gasteiger partial charge on any atom is 0.177 e. The van der Waals surface area contributed by atoms with Gasteiger partial charge in [0.1, 0.15) is 5.82 Å². The van der Waals surface area contributed by atoms with Crippen molar-refractivity contribution < 1.29 is 9.18 Å². The van der Waals surface area contributed by atoms with E-state index in [9.17, 15) is 9.18 Å². The monoisotopic (exact) mass is 250 g/mol. The first-order valence-corrected chi connectivity index (χ1v) is 6.39. The van der Waals surface area contributed by atoms with Gasteiger partial charge in [-0.25, -0.2) is 4.39 Å². The second-order valence-electron chi connectivity index (χ2n) is 4.76. The smallest absolute Gasteiger partial charge is 0.177 e. The molecular weight excluding hydrogens is 231 g/mol. The van der Waals surface area contributed by atoms with Crippen LogP contribution in [0.4, 0.5) is 4.39 Å². The fraction of sp³-hybridized carbons (Fsp3) is 0.500. The Morgan fingerprint density at radius 2 is 2.22 bits per heavy atom. The van der Waals surface area contributed by atoms with Crippen LogP contribution in [0.1, 0.15) is 22.3 Å². The molecule has 2 rings (SSSR count). The van der Waals surface area contributed by atoms with Crippen molar-refractivity contribution >= 4 is 5.78 Å². The molecule has 0 bridgehead atoms. The highest BCUT2D eigenvalue weighted by atomic mass is 19.1. The summed E-state index contributed by atoms with van der Waals surface area (Å²) in [6.07, 6.45) is 1.05. The molecule has 0 amide bonds. The Morgan fingerprint density at radius 1 is 1.39 bits per heavy atom. The summed E-state index contributed by atoms with van der Waals surface area (Å²) in [6, 6.07) is 4.39. The Bertz CT molecular complexity index is 426. The zero-order valence-electron chi connectivity index (χ0n) is 10.7. The van der Waals surface area contributed by atoms with E-state index in [1.165, 1.54) is 12.1 Å². The van der Waals surface area contributed by atoms with Crippen LogP contribution in [0.3, 0.4) is 0 Å². The summed E-state index contributed by atoms with van der Waals surface area (Å²) in [5.41, 5.74) is 1.35. The maximum absolute atomic E-state index is 13.2. The number of hydrogen-bond acceptors (Lipinski definition) is 3. The van der Waals surface area contributed by atoms with Gasteiger partial charge < -0.3 is 5.32 Å². The number of carbonyl (C=O) groups excluding carboxylic acids is 1. The van der Waals surface area contributed by atoms with Crippen LogP contribution in [-0.4, -0.2) is 43.4 Å².